The summed E-state index contributed by atoms with van der Waals surface area (Å²) in [6.45, 7) is 12.8. The van der Waals surface area contributed by atoms with E-state index in [2.05, 4.69) is 63.0 Å². The summed E-state index contributed by atoms with van der Waals surface area (Å²) >= 11 is 0. The predicted octanol–water partition coefficient (Wildman–Crippen LogP) is 3.56. The van der Waals surface area contributed by atoms with E-state index in [0.717, 1.165) is 6.42 Å². The van der Waals surface area contributed by atoms with Crippen LogP contribution >= 0.6 is 0 Å². The number of hydrogen-bond acceptors (Lipinski definition) is 2. The van der Waals surface area contributed by atoms with Crippen molar-refractivity contribution in [3.8, 4) is 0 Å². The molecule has 1 saturated heterocycles. The lowest BCUT2D eigenvalue weighted by Gasteiger charge is -2.34. The normalized spacial score (nSPS) is 25.2. The molecule has 0 bridgehead atoms. The van der Waals surface area contributed by atoms with Crippen LogP contribution in [-0.2, 0) is 4.79 Å². The van der Waals surface area contributed by atoms with Gasteiger partial charge in [-0.15, -0.1) is 0 Å². The fourth-order valence-corrected chi connectivity index (χ4v) is 3.08. The molecule has 1 aliphatic rings. The first-order valence-electron chi connectivity index (χ1n) is 8.02. The van der Waals surface area contributed by atoms with E-state index in [1.807, 2.05) is 6.92 Å². The molecule has 0 saturated carbocycles. The third-order valence-electron chi connectivity index (χ3n) is 4.95. The standard InChI is InChI=1S/C18H28N2O/c1-7-12(3)15(6)20-17(19-14(5)18(20)21)16-10-11(2)8-9-13(16)4/h8-10,12,14-15,17,19H,7H2,1-6H3. The van der Waals surface area contributed by atoms with Gasteiger partial charge in [-0.1, -0.05) is 44.0 Å². The molecule has 1 aromatic rings. The van der Waals surface area contributed by atoms with Crippen LogP contribution in [0.5, 0.6) is 0 Å². The smallest absolute Gasteiger partial charge is 0.241 e. The van der Waals surface area contributed by atoms with E-state index in [0.29, 0.717) is 5.92 Å². The first-order valence-corrected chi connectivity index (χ1v) is 8.02. The summed E-state index contributed by atoms with van der Waals surface area (Å²) in [7, 11) is 0. The van der Waals surface area contributed by atoms with Gasteiger partial charge in [-0.05, 0) is 44.7 Å². The Hall–Kier alpha value is -1.35. The number of rotatable bonds is 4. The number of carbonyl (C=O) groups excluding carboxylic acids is 1. The molecule has 3 heteroatoms. The highest BCUT2D eigenvalue weighted by molar-refractivity contribution is 5.84. The maximum atomic E-state index is 12.6. The first-order chi connectivity index (χ1) is 9.86. The Kier molecular flexibility index (Phi) is 4.72. The van der Waals surface area contributed by atoms with E-state index >= 15 is 0 Å². The number of aryl methyl sites for hydroxylation is 2. The molecule has 0 spiro atoms. The topological polar surface area (TPSA) is 32.3 Å². The number of nitrogens with zero attached hydrogens (tertiary/aromatic N) is 1. The van der Waals surface area contributed by atoms with E-state index in [1.54, 1.807) is 0 Å². The fourth-order valence-electron chi connectivity index (χ4n) is 3.08. The lowest BCUT2D eigenvalue weighted by Crippen LogP contribution is -2.42. The molecule has 1 aromatic carbocycles. The van der Waals surface area contributed by atoms with E-state index in [-0.39, 0.29) is 24.2 Å². The van der Waals surface area contributed by atoms with Gasteiger partial charge < -0.3 is 4.90 Å². The quantitative estimate of drug-likeness (QED) is 0.919. The molecule has 21 heavy (non-hydrogen) atoms. The van der Waals surface area contributed by atoms with Crippen LogP contribution in [0, 0.1) is 19.8 Å². The Bertz CT molecular complexity index is 526. The zero-order chi connectivity index (χ0) is 15.7. The molecule has 1 amide bonds. The van der Waals surface area contributed by atoms with Gasteiger partial charge in [0.1, 0.15) is 6.17 Å². The van der Waals surface area contributed by atoms with Gasteiger partial charge in [-0.3, -0.25) is 10.1 Å². The van der Waals surface area contributed by atoms with Crippen molar-refractivity contribution >= 4 is 5.91 Å². The van der Waals surface area contributed by atoms with Gasteiger partial charge >= 0.3 is 0 Å². The molecular formula is C18H28N2O. The van der Waals surface area contributed by atoms with E-state index in [1.165, 1.54) is 16.7 Å². The molecule has 1 fully saturated rings. The highest BCUT2D eigenvalue weighted by Gasteiger charge is 2.41. The zero-order valence-electron chi connectivity index (χ0n) is 14.1. The average molecular weight is 288 g/mol. The molecule has 3 nitrogen and oxygen atoms in total. The van der Waals surface area contributed by atoms with Crippen LogP contribution in [0.25, 0.3) is 0 Å². The number of nitrogens with one attached hydrogen (secondary N) is 1. The monoisotopic (exact) mass is 288 g/mol. The SMILES string of the molecule is CCC(C)C(C)N1C(=O)C(C)NC1c1cc(C)ccc1C. The van der Waals surface area contributed by atoms with Gasteiger partial charge in [0.2, 0.25) is 5.91 Å². The third kappa shape index (κ3) is 2.98. The second-order valence-corrected chi connectivity index (χ2v) is 6.52. The summed E-state index contributed by atoms with van der Waals surface area (Å²) in [5, 5.41) is 3.47. The summed E-state index contributed by atoms with van der Waals surface area (Å²) in [5.74, 6) is 0.711. The highest BCUT2D eigenvalue weighted by atomic mass is 16.2. The largest absolute Gasteiger partial charge is 0.319 e. The fraction of sp³-hybridized carbons (Fsp3) is 0.611. The van der Waals surface area contributed by atoms with Gasteiger partial charge in [-0.2, -0.15) is 0 Å². The number of benzene rings is 1. The first kappa shape index (κ1) is 16.0. The molecular weight excluding hydrogens is 260 g/mol. The highest BCUT2D eigenvalue weighted by Crippen LogP contribution is 2.32. The van der Waals surface area contributed by atoms with Crippen LogP contribution in [0.4, 0.5) is 0 Å². The van der Waals surface area contributed by atoms with Crippen molar-refractivity contribution in [1.82, 2.24) is 10.2 Å². The third-order valence-corrected chi connectivity index (χ3v) is 4.95. The lowest BCUT2D eigenvalue weighted by atomic mass is 9.96. The van der Waals surface area contributed by atoms with Crippen molar-refractivity contribution in [2.24, 2.45) is 5.92 Å². The molecule has 4 atom stereocenters. The molecule has 2 rings (SSSR count). The maximum absolute atomic E-state index is 12.6. The minimum Gasteiger partial charge on any atom is -0.319 e. The van der Waals surface area contributed by atoms with E-state index in [4.69, 9.17) is 0 Å². The second kappa shape index (κ2) is 6.18. The lowest BCUT2D eigenvalue weighted by molar-refractivity contribution is -0.132. The molecule has 0 aliphatic carbocycles. The van der Waals surface area contributed by atoms with Gasteiger partial charge in [0, 0.05) is 6.04 Å². The van der Waals surface area contributed by atoms with E-state index < -0.39 is 0 Å². The Morgan fingerprint density at radius 1 is 1.29 bits per heavy atom. The summed E-state index contributed by atoms with van der Waals surface area (Å²) in [4.78, 5) is 14.7. The minimum atomic E-state index is -0.110. The Morgan fingerprint density at radius 3 is 2.57 bits per heavy atom. The number of carbonyl (C=O) groups is 1. The summed E-state index contributed by atoms with van der Waals surface area (Å²) in [5.41, 5.74) is 3.70. The molecule has 0 radical (unpaired) electrons. The Labute approximate surface area is 128 Å². The van der Waals surface area contributed by atoms with Crippen LogP contribution in [0.1, 0.15) is 57.0 Å². The van der Waals surface area contributed by atoms with Gasteiger partial charge in [0.25, 0.3) is 0 Å². The van der Waals surface area contributed by atoms with Crippen molar-refractivity contribution in [2.45, 2.75) is 66.2 Å². The van der Waals surface area contributed by atoms with Crippen LogP contribution in [-0.4, -0.2) is 22.9 Å². The molecule has 116 valence electrons. The second-order valence-electron chi connectivity index (χ2n) is 6.52. The van der Waals surface area contributed by atoms with Crippen molar-refractivity contribution in [3.63, 3.8) is 0 Å². The summed E-state index contributed by atoms with van der Waals surface area (Å²) < 4.78 is 0. The Balaban J connectivity index is 2.40. The number of hydrogen-bond donors (Lipinski definition) is 1. The Morgan fingerprint density at radius 2 is 1.95 bits per heavy atom. The van der Waals surface area contributed by atoms with Gasteiger partial charge in [0.05, 0.1) is 6.04 Å². The molecule has 4 unspecified atom stereocenters. The van der Waals surface area contributed by atoms with Crippen molar-refractivity contribution < 1.29 is 4.79 Å². The van der Waals surface area contributed by atoms with Crippen molar-refractivity contribution in [1.29, 1.82) is 0 Å². The average Bonchev–Trinajstić information content (AvgIpc) is 2.75. The van der Waals surface area contributed by atoms with Crippen LogP contribution in [0.2, 0.25) is 0 Å². The van der Waals surface area contributed by atoms with Crippen molar-refractivity contribution in [3.05, 3.63) is 34.9 Å². The maximum Gasteiger partial charge on any atom is 0.241 e. The van der Waals surface area contributed by atoms with Crippen LogP contribution < -0.4 is 5.32 Å². The predicted molar refractivity (Wildman–Crippen MR) is 87.0 cm³/mol. The number of amides is 1. The van der Waals surface area contributed by atoms with Crippen LogP contribution in [0.15, 0.2) is 18.2 Å². The molecule has 1 heterocycles. The molecule has 0 aromatic heterocycles. The van der Waals surface area contributed by atoms with Crippen LogP contribution in [0.3, 0.4) is 0 Å². The van der Waals surface area contributed by atoms with E-state index in [9.17, 15) is 4.79 Å². The summed E-state index contributed by atoms with van der Waals surface area (Å²) in [6, 6.07) is 6.61. The molecule has 1 aliphatic heterocycles. The van der Waals surface area contributed by atoms with Gasteiger partial charge in [-0.25, -0.2) is 0 Å². The molecule has 1 N–H and O–H groups in total. The van der Waals surface area contributed by atoms with Crippen molar-refractivity contribution in [2.75, 3.05) is 0 Å². The minimum absolute atomic E-state index is 0.00333. The van der Waals surface area contributed by atoms with Gasteiger partial charge in [0.15, 0.2) is 0 Å². The summed E-state index contributed by atoms with van der Waals surface area (Å²) in [6.07, 6.45) is 1.08. The zero-order valence-corrected chi connectivity index (χ0v) is 14.1.